The molecule has 0 aliphatic carbocycles. The second kappa shape index (κ2) is 8.51. The molecule has 33 heavy (non-hydrogen) atoms. The predicted molar refractivity (Wildman–Crippen MR) is 130 cm³/mol. The second-order valence-electron chi connectivity index (χ2n) is 8.79. The molecule has 2 aromatic heterocycles. The number of ether oxygens (including phenoxy) is 2. The summed E-state index contributed by atoms with van der Waals surface area (Å²) in [6, 6.07) is 9.68. The van der Waals surface area contributed by atoms with Crippen LogP contribution >= 0.6 is 11.3 Å². The largest absolute Gasteiger partial charge is 0.496 e. The lowest BCUT2D eigenvalue weighted by molar-refractivity contribution is 0.0507. The number of alkyl carbamates (subject to hydrolysis) is 1. The van der Waals surface area contributed by atoms with Gasteiger partial charge >= 0.3 is 6.09 Å². The lowest BCUT2D eigenvalue weighted by atomic mass is 9.95. The van der Waals surface area contributed by atoms with Gasteiger partial charge in [-0.25, -0.2) is 9.18 Å². The standard InChI is InChI=1S/C25H25FN2O4S/c1-13(27-24(30)32-25(2,3)4)15-7-6-14(12-17(15)26)20-19(31-5)9-8-18-21(20)16-10-11-33-22(16)23(29)28-18/h6-13H,1-5H3,(H,27,30)(H,28,29). The number of aromatic nitrogens is 1. The molecule has 0 aliphatic rings. The van der Waals surface area contributed by atoms with Gasteiger partial charge < -0.3 is 19.8 Å². The molecule has 2 N–H and O–H groups in total. The molecule has 0 bridgehead atoms. The third-order valence-electron chi connectivity index (χ3n) is 5.26. The van der Waals surface area contributed by atoms with Crippen LogP contribution in [-0.4, -0.2) is 23.8 Å². The van der Waals surface area contributed by atoms with E-state index in [1.807, 2.05) is 11.4 Å². The zero-order valence-corrected chi connectivity index (χ0v) is 19.9. The molecule has 0 radical (unpaired) electrons. The van der Waals surface area contributed by atoms with Gasteiger partial charge in [0.15, 0.2) is 0 Å². The lowest BCUT2D eigenvalue weighted by Crippen LogP contribution is -2.34. The number of carbonyl (C=O) groups is 1. The molecule has 172 valence electrons. The number of halogens is 1. The number of hydrogen-bond donors (Lipinski definition) is 2. The molecule has 1 atom stereocenters. The van der Waals surface area contributed by atoms with Crippen molar-refractivity contribution in [1.29, 1.82) is 0 Å². The van der Waals surface area contributed by atoms with E-state index in [2.05, 4.69) is 10.3 Å². The highest BCUT2D eigenvalue weighted by molar-refractivity contribution is 7.17. The summed E-state index contributed by atoms with van der Waals surface area (Å²) in [6.45, 7) is 6.99. The SMILES string of the molecule is COc1ccc2[nH]c(=O)c3sccc3c2c1-c1ccc(C(C)NC(=O)OC(C)(C)C)c(F)c1. The Balaban J connectivity index is 1.80. The molecule has 0 spiro atoms. The van der Waals surface area contributed by atoms with E-state index in [4.69, 9.17) is 9.47 Å². The average Bonchev–Trinajstić information content (AvgIpc) is 3.22. The summed E-state index contributed by atoms with van der Waals surface area (Å²) >= 11 is 1.35. The highest BCUT2D eigenvalue weighted by Crippen LogP contribution is 2.40. The van der Waals surface area contributed by atoms with Crippen molar-refractivity contribution in [2.45, 2.75) is 39.3 Å². The maximum Gasteiger partial charge on any atom is 0.408 e. The summed E-state index contributed by atoms with van der Waals surface area (Å²) in [5, 5.41) is 6.10. The summed E-state index contributed by atoms with van der Waals surface area (Å²) in [5.74, 6) is 0.0928. The van der Waals surface area contributed by atoms with Gasteiger partial charge in [0.05, 0.1) is 13.2 Å². The van der Waals surface area contributed by atoms with Crippen LogP contribution in [0.25, 0.3) is 32.1 Å². The van der Waals surface area contributed by atoms with Crippen LogP contribution in [0.4, 0.5) is 9.18 Å². The Labute approximate surface area is 194 Å². The van der Waals surface area contributed by atoms with E-state index in [0.717, 1.165) is 10.8 Å². The van der Waals surface area contributed by atoms with Gasteiger partial charge in [-0.05, 0) is 62.9 Å². The maximum atomic E-state index is 15.2. The molecule has 0 fully saturated rings. The fourth-order valence-electron chi connectivity index (χ4n) is 3.88. The number of nitrogens with one attached hydrogen (secondary N) is 2. The number of fused-ring (bicyclic) bond motifs is 3. The fourth-order valence-corrected chi connectivity index (χ4v) is 4.68. The monoisotopic (exact) mass is 468 g/mol. The number of pyridine rings is 1. The van der Waals surface area contributed by atoms with E-state index in [1.54, 1.807) is 59.1 Å². The topological polar surface area (TPSA) is 80.4 Å². The van der Waals surface area contributed by atoms with Crippen LogP contribution in [0, 0.1) is 5.82 Å². The summed E-state index contributed by atoms with van der Waals surface area (Å²) in [6.07, 6.45) is -0.613. The number of hydrogen-bond acceptors (Lipinski definition) is 5. The normalized spacial score (nSPS) is 12.7. The molecular weight excluding hydrogens is 443 g/mol. The highest BCUT2D eigenvalue weighted by atomic mass is 32.1. The molecular formula is C25H25FN2O4S. The fraction of sp³-hybridized carbons (Fsp3) is 0.280. The van der Waals surface area contributed by atoms with Crippen LogP contribution in [0.3, 0.4) is 0 Å². The number of aromatic amines is 1. The van der Waals surface area contributed by atoms with Gasteiger partial charge in [-0.15, -0.1) is 11.3 Å². The van der Waals surface area contributed by atoms with Gasteiger partial charge in [-0.2, -0.15) is 0 Å². The maximum absolute atomic E-state index is 15.2. The van der Waals surface area contributed by atoms with Gasteiger partial charge in [0.1, 0.15) is 21.9 Å². The molecule has 0 saturated heterocycles. The minimum Gasteiger partial charge on any atom is -0.496 e. The Bertz CT molecular complexity index is 1420. The van der Waals surface area contributed by atoms with Gasteiger partial charge in [0.25, 0.3) is 5.56 Å². The summed E-state index contributed by atoms with van der Waals surface area (Å²) in [5.41, 5.74) is 1.46. The third kappa shape index (κ3) is 4.43. The molecule has 4 rings (SSSR count). The number of H-pyrrole nitrogens is 1. The first-order chi connectivity index (χ1) is 15.6. The van der Waals surface area contributed by atoms with Crippen molar-refractivity contribution in [2.24, 2.45) is 0 Å². The van der Waals surface area contributed by atoms with Crippen molar-refractivity contribution in [3.63, 3.8) is 0 Å². The Morgan fingerprint density at radius 2 is 1.94 bits per heavy atom. The molecule has 0 saturated carbocycles. The average molecular weight is 469 g/mol. The van der Waals surface area contributed by atoms with E-state index in [-0.39, 0.29) is 5.56 Å². The quantitative estimate of drug-likeness (QED) is 0.377. The van der Waals surface area contributed by atoms with Crippen LogP contribution < -0.4 is 15.6 Å². The van der Waals surface area contributed by atoms with Crippen molar-refractivity contribution in [3.8, 4) is 16.9 Å². The Kier molecular flexibility index (Phi) is 5.88. The first-order valence-electron chi connectivity index (χ1n) is 10.5. The van der Waals surface area contributed by atoms with Gasteiger partial charge in [-0.1, -0.05) is 12.1 Å². The minimum atomic E-state index is -0.648. The van der Waals surface area contributed by atoms with E-state index in [9.17, 15) is 9.59 Å². The first-order valence-corrected chi connectivity index (χ1v) is 11.4. The number of carbonyl (C=O) groups excluding carboxylic acids is 1. The second-order valence-corrected chi connectivity index (χ2v) is 9.70. The van der Waals surface area contributed by atoms with Gasteiger partial charge in [0, 0.05) is 27.4 Å². The zero-order valence-electron chi connectivity index (χ0n) is 19.0. The van der Waals surface area contributed by atoms with Crippen molar-refractivity contribution >= 4 is 38.4 Å². The van der Waals surface area contributed by atoms with Crippen LogP contribution in [0.1, 0.15) is 39.3 Å². The summed E-state index contributed by atoms with van der Waals surface area (Å²) < 4.78 is 26.7. The molecule has 8 heteroatoms. The number of amides is 1. The van der Waals surface area contributed by atoms with E-state index in [0.29, 0.717) is 32.7 Å². The van der Waals surface area contributed by atoms with Crippen molar-refractivity contribution in [2.75, 3.05) is 7.11 Å². The smallest absolute Gasteiger partial charge is 0.408 e. The van der Waals surface area contributed by atoms with Crippen LogP contribution in [0.2, 0.25) is 0 Å². The van der Waals surface area contributed by atoms with E-state index >= 15 is 4.39 Å². The van der Waals surface area contributed by atoms with Gasteiger partial charge in [0.2, 0.25) is 0 Å². The van der Waals surface area contributed by atoms with Crippen LogP contribution in [0.5, 0.6) is 5.75 Å². The molecule has 4 aromatic rings. The molecule has 2 heterocycles. The lowest BCUT2D eigenvalue weighted by Gasteiger charge is -2.22. The summed E-state index contributed by atoms with van der Waals surface area (Å²) in [7, 11) is 1.55. The van der Waals surface area contributed by atoms with Crippen LogP contribution in [0.15, 0.2) is 46.6 Å². The van der Waals surface area contributed by atoms with E-state index < -0.39 is 23.6 Å². The number of thiophene rings is 1. The Morgan fingerprint density at radius 3 is 2.61 bits per heavy atom. The number of benzene rings is 2. The van der Waals surface area contributed by atoms with E-state index in [1.165, 1.54) is 17.4 Å². The summed E-state index contributed by atoms with van der Waals surface area (Å²) in [4.78, 5) is 27.4. The van der Waals surface area contributed by atoms with Gasteiger partial charge in [-0.3, -0.25) is 4.79 Å². The third-order valence-corrected chi connectivity index (χ3v) is 6.18. The predicted octanol–water partition coefficient (Wildman–Crippen LogP) is 6.14. The molecule has 1 unspecified atom stereocenters. The van der Waals surface area contributed by atoms with Crippen molar-refractivity contribution in [1.82, 2.24) is 10.3 Å². The molecule has 0 aliphatic heterocycles. The molecule has 6 nitrogen and oxygen atoms in total. The first kappa shape index (κ1) is 22.8. The Morgan fingerprint density at radius 1 is 1.18 bits per heavy atom. The molecule has 1 amide bonds. The zero-order chi connectivity index (χ0) is 23.9. The minimum absolute atomic E-state index is 0.160. The Hall–Kier alpha value is -3.39. The number of methoxy groups -OCH3 is 1. The highest BCUT2D eigenvalue weighted by Gasteiger charge is 2.21. The molecule has 2 aromatic carbocycles. The van der Waals surface area contributed by atoms with Crippen LogP contribution in [-0.2, 0) is 4.74 Å². The number of rotatable bonds is 4. The van der Waals surface area contributed by atoms with Crippen molar-refractivity contribution < 1.29 is 18.7 Å². The van der Waals surface area contributed by atoms with Crippen molar-refractivity contribution in [3.05, 3.63) is 63.5 Å².